The maximum atomic E-state index is 13.0. The van der Waals surface area contributed by atoms with E-state index in [1.54, 1.807) is 25.2 Å². The van der Waals surface area contributed by atoms with Crippen molar-refractivity contribution < 1.29 is 14.0 Å². The zero-order valence-corrected chi connectivity index (χ0v) is 13.9. The van der Waals surface area contributed by atoms with Crippen molar-refractivity contribution in [1.29, 1.82) is 0 Å². The number of carbonyl (C=O) groups is 2. The molecule has 130 valence electrons. The summed E-state index contributed by atoms with van der Waals surface area (Å²) in [6.07, 6.45) is 2.48. The first-order chi connectivity index (χ1) is 12.0. The minimum Gasteiger partial charge on any atom is -0.346 e. The van der Waals surface area contributed by atoms with E-state index < -0.39 is 0 Å². The van der Waals surface area contributed by atoms with Crippen LogP contribution in [0, 0.1) is 5.82 Å². The number of amides is 2. The van der Waals surface area contributed by atoms with Gasteiger partial charge in [-0.2, -0.15) is 5.10 Å². The summed E-state index contributed by atoms with van der Waals surface area (Å²) in [7, 11) is 1.69. The predicted octanol–water partition coefficient (Wildman–Crippen LogP) is 1.72. The van der Waals surface area contributed by atoms with Gasteiger partial charge in [0, 0.05) is 31.6 Å². The van der Waals surface area contributed by atoms with Crippen molar-refractivity contribution in [3.63, 3.8) is 0 Å². The maximum absolute atomic E-state index is 13.0. The van der Waals surface area contributed by atoms with E-state index >= 15 is 0 Å². The monoisotopic (exact) mass is 342 g/mol. The Hall–Kier alpha value is -2.70. The highest BCUT2D eigenvalue weighted by Crippen LogP contribution is 2.30. The minimum atomic E-state index is -0.316. The summed E-state index contributed by atoms with van der Waals surface area (Å²) in [5.74, 6) is -0.451. The molecule has 1 atom stereocenters. The molecule has 1 saturated heterocycles. The van der Waals surface area contributed by atoms with Crippen molar-refractivity contribution in [2.24, 2.45) is 7.05 Å². The van der Waals surface area contributed by atoms with Crippen molar-refractivity contribution in [1.82, 2.24) is 20.0 Å². The van der Waals surface area contributed by atoms with Crippen LogP contribution < -0.4 is 5.32 Å². The van der Waals surface area contributed by atoms with E-state index in [2.05, 4.69) is 10.4 Å². The highest BCUT2D eigenvalue weighted by molar-refractivity contribution is 5.94. The lowest BCUT2D eigenvalue weighted by molar-refractivity contribution is -0.128. The molecule has 1 aromatic carbocycles. The topological polar surface area (TPSA) is 67.2 Å². The molecule has 0 bridgehead atoms. The number of hydrogen-bond acceptors (Lipinski definition) is 3. The zero-order chi connectivity index (χ0) is 17.6. The van der Waals surface area contributed by atoms with Crippen LogP contribution in [0.25, 0.3) is 11.3 Å². The molecule has 2 fully saturated rings. The molecular weight excluding hydrogens is 323 g/mol. The third-order valence-electron chi connectivity index (χ3n) is 4.73. The van der Waals surface area contributed by atoms with Gasteiger partial charge in [-0.15, -0.1) is 0 Å². The van der Waals surface area contributed by atoms with Crippen LogP contribution in [-0.2, 0) is 11.8 Å². The molecule has 1 aliphatic heterocycles. The van der Waals surface area contributed by atoms with Crippen LogP contribution in [0.4, 0.5) is 4.39 Å². The van der Waals surface area contributed by atoms with Gasteiger partial charge in [-0.3, -0.25) is 14.3 Å². The number of aromatic nitrogens is 2. The van der Waals surface area contributed by atoms with Gasteiger partial charge < -0.3 is 10.2 Å². The number of halogens is 1. The largest absolute Gasteiger partial charge is 0.346 e. The molecule has 1 aliphatic carbocycles. The van der Waals surface area contributed by atoms with Crippen molar-refractivity contribution in [2.75, 3.05) is 6.54 Å². The van der Waals surface area contributed by atoms with Gasteiger partial charge in [0.1, 0.15) is 11.5 Å². The number of likely N-dealkylation sites (tertiary alicyclic amines) is 1. The molecule has 1 aromatic heterocycles. The van der Waals surface area contributed by atoms with E-state index in [9.17, 15) is 14.0 Å². The molecule has 7 heteroatoms. The van der Waals surface area contributed by atoms with Gasteiger partial charge >= 0.3 is 0 Å². The third kappa shape index (κ3) is 3.14. The SMILES string of the molecule is Cn1nc(-c2ccc(F)cc2)cc1C(=O)N[C@H]1CC(=O)N(C2CC2)C1. The van der Waals surface area contributed by atoms with Crippen LogP contribution in [0.5, 0.6) is 0 Å². The molecular formula is C18H19FN4O2. The van der Waals surface area contributed by atoms with Crippen molar-refractivity contribution in [2.45, 2.75) is 31.3 Å². The second-order valence-electron chi connectivity index (χ2n) is 6.70. The minimum absolute atomic E-state index is 0.116. The Kier molecular flexibility index (Phi) is 3.78. The molecule has 1 N–H and O–H groups in total. The van der Waals surface area contributed by atoms with E-state index in [4.69, 9.17) is 0 Å². The van der Waals surface area contributed by atoms with Gasteiger partial charge in [-0.05, 0) is 43.2 Å². The summed E-state index contributed by atoms with van der Waals surface area (Å²) >= 11 is 0. The molecule has 6 nitrogen and oxygen atoms in total. The lowest BCUT2D eigenvalue weighted by atomic mass is 10.1. The number of aryl methyl sites for hydroxylation is 1. The first-order valence-electron chi connectivity index (χ1n) is 8.41. The molecule has 0 radical (unpaired) electrons. The number of benzene rings is 1. The number of hydrogen-bond donors (Lipinski definition) is 1. The molecule has 2 amide bonds. The first-order valence-corrected chi connectivity index (χ1v) is 8.41. The van der Waals surface area contributed by atoms with E-state index in [-0.39, 0.29) is 23.7 Å². The Morgan fingerprint density at radius 2 is 2.00 bits per heavy atom. The summed E-state index contributed by atoms with van der Waals surface area (Å²) in [5.41, 5.74) is 1.76. The van der Waals surface area contributed by atoms with Gasteiger partial charge in [0.05, 0.1) is 11.7 Å². The Balaban J connectivity index is 1.47. The Labute approximate surface area is 144 Å². The number of rotatable bonds is 4. The third-order valence-corrected chi connectivity index (χ3v) is 4.73. The van der Waals surface area contributed by atoms with Crippen molar-refractivity contribution in [3.05, 3.63) is 41.8 Å². The second kappa shape index (κ2) is 5.98. The Morgan fingerprint density at radius 3 is 2.68 bits per heavy atom. The molecule has 2 heterocycles. The highest BCUT2D eigenvalue weighted by atomic mass is 19.1. The number of carbonyl (C=O) groups excluding carboxylic acids is 2. The van der Waals surface area contributed by atoms with Crippen LogP contribution in [0.15, 0.2) is 30.3 Å². The molecule has 0 spiro atoms. The zero-order valence-electron chi connectivity index (χ0n) is 13.9. The lowest BCUT2D eigenvalue weighted by Crippen LogP contribution is -2.38. The van der Waals surface area contributed by atoms with Crippen LogP contribution >= 0.6 is 0 Å². The van der Waals surface area contributed by atoms with Crippen LogP contribution in [-0.4, -0.2) is 45.1 Å². The average Bonchev–Trinajstić information content (AvgIpc) is 3.25. The molecule has 2 aliphatic rings. The van der Waals surface area contributed by atoms with Gasteiger partial charge in [-0.1, -0.05) is 0 Å². The van der Waals surface area contributed by atoms with Crippen molar-refractivity contribution >= 4 is 11.8 Å². The predicted molar refractivity (Wildman–Crippen MR) is 89.2 cm³/mol. The van der Waals surface area contributed by atoms with Gasteiger partial charge in [0.2, 0.25) is 5.91 Å². The number of nitrogens with one attached hydrogen (secondary N) is 1. The van der Waals surface area contributed by atoms with Crippen molar-refractivity contribution in [3.8, 4) is 11.3 Å². The molecule has 0 unspecified atom stereocenters. The lowest BCUT2D eigenvalue weighted by Gasteiger charge is -2.16. The summed E-state index contributed by atoms with van der Waals surface area (Å²) in [6.45, 7) is 0.581. The molecule has 4 rings (SSSR count). The number of nitrogens with zero attached hydrogens (tertiary/aromatic N) is 3. The summed E-state index contributed by atoms with van der Waals surface area (Å²) < 4.78 is 14.5. The Bertz CT molecular complexity index is 826. The van der Waals surface area contributed by atoms with Gasteiger partial charge in [-0.25, -0.2) is 4.39 Å². The van der Waals surface area contributed by atoms with E-state index in [0.29, 0.717) is 30.4 Å². The normalized spacial score (nSPS) is 20.2. The standard InChI is InChI=1S/C18H19FN4O2/c1-22-16(9-15(21-22)11-2-4-12(19)5-3-11)18(25)20-13-8-17(24)23(10-13)14-6-7-14/h2-5,9,13-14H,6-8,10H2,1H3,(H,20,25)/t13-/m0/s1. The van der Waals surface area contributed by atoms with E-state index in [0.717, 1.165) is 18.4 Å². The molecule has 25 heavy (non-hydrogen) atoms. The van der Waals surface area contributed by atoms with E-state index in [1.165, 1.54) is 16.8 Å². The molecule has 2 aromatic rings. The maximum Gasteiger partial charge on any atom is 0.269 e. The second-order valence-corrected chi connectivity index (χ2v) is 6.70. The summed E-state index contributed by atoms with van der Waals surface area (Å²) in [5, 5.41) is 7.26. The van der Waals surface area contributed by atoms with Gasteiger partial charge in [0.15, 0.2) is 0 Å². The molecule has 1 saturated carbocycles. The summed E-state index contributed by atoms with van der Waals surface area (Å²) in [4.78, 5) is 26.4. The first kappa shape index (κ1) is 15.8. The fourth-order valence-electron chi connectivity index (χ4n) is 3.27. The van der Waals surface area contributed by atoms with Crippen LogP contribution in [0.1, 0.15) is 29.8 Å². The average molecular weight is 342 g/mol. The van der Waals surface area contributed by atoms with Gasteiger partial charge in [0.25, 0.3) is 5.91 Å². The smallest absolute Gasteiger partial charge is 0.269 e. The van der Waals surface area contributed by atoms with E-state index in [1.807, 2.05) is 4.90 Å². The highest BCUT2D eigenvalue weighted by Gasteiger charge is 2.39. The van der Waals surface area contributed by atoms with Crippen LogP contribution in [0.2, 0.25) is 0 Å². The Morgan fingerprint density at radius 1 is 1.28 bits per heavy atom. The quantitative estimate of drug-likeness (QED) is 0.920. The fourth-order valence-corrected chi connectivity index (χ4v) is 3.27. The van der Waals surface area contributed by atoms with Crippen LogP contribution in [0.3, 0.4) is 0 Å². The summed E-state index contributed by atoms with van der Waals surface area (Å²) in [6, 6.07) is 7.87. The fraction of sp³-hybridized carbons (Fsp3) is 0.389.